The standard InChI is InChI=1S/C14H24N2O4S/c1-9(2)11-16(10(7-21-11)12(17)18)13(19)14(8-15)3-5-20-6-4-14/h9-11H,3-8,15H2,1-2H3,(H,17,18). The molecular formula is C14H24N2O4S. The van der Waals surface area contributed by atoms with Gasteiger partial charge in [0.15, 0.2) is 0 Å². The van der Waals surface area contributed by atoms with Gasteiger partial charge < -0.3 is 20.5 Å². The van der Waals surface area contributed by atoms with Crippen molar-refractivity contribution in [1.29, 1.82) is 0 Å². The van der Waals surface area contributed by atoms with E-state index in [9.17, 15) is 14.7 Å². The van der Waals surface area contributed by atoms with Gasteiger partial charge in [-0.1, -0.05) is 13.8 Å². The van der Waals surface area contributed by atoms with Gasteiger partial charge in [-0.05, 0) is 18.8 Å². The normalized spacial score (nSPS) is 28.9. The van der Waals surface area contributed by atoms with E-state index in [-0.39, 0.29) is 23.7 Å². The first-order valence-electron chi connectivity index (χ1n) is 7.38. The van der Waals surface area contributed by atoms with Crippen molar-refractivity contribution in [2.24, 2.45) is 17.1 Å². The Labute approximate surface area is 129 Å². The molecule has 2 rings (SSSR count). The lowest BCUT2D eigenvalue weighted by molar-refractivity contribution is -0.158. The molecule has 0 aromatic rings. The molecule has 0 bridgehead atoms. The third kappa shape index (κ3) is 3.05. The molecule has 2 aliphatic rings. The van der Waals surface area contributed by atoms with Crippen LogP contribution in [0.2, 0.25) is 0 Å². The fourth-order valence-electron chi connectivity index (χ4n) is 3.03. The number of carboxylic acid groups (broad SMARTS) is 1. The van der Waals surface area contributed by atoms with Crippen molar-refractivity contribution in [3.05, 3.63) is 0 Å². The minimum atomic E-state index is -0.932. The molecule has 2 fully saturated rings. The molecule has 0 saturated carbocycles. The van der Waals surface area contributed by atoms with E-state index < -0.39 is 17.4 Å². The molecule has 7 heteroatoms. The number of rotatable bonds is 4. The summed E-state index contributed by atoms with van der Waals surface area (Å²) in [5, 5.41) is 9.33. The van der Waals surface area contributed by atoms with Crippen LogP contribution in [0.1, 0.15) is 26.7 Å². The lowest BCUT2D eigenvalue weighted by Gasteiger charge is -2.41. The van der Waals surface area contributed by atoms with Gasteiger partial charge in [0.25, 0.3) is 0 Å². The molecule has 120 valence electrons. The summed E-state index contributed by atoms with van der Waals surface area (Å²) in [4.78, 5) is 26.2. The van der Waals surface area contributed by atoms with Gasteiger partial charge >= 0.3 is 5.97 Å². The molecule has 0 aromatic heterocycles. The Kier molecular flexibility index (Phi) is 5.16. The molecule has 0 spiro atoms. The molecule has 1 amide bonds. The highest BCUT2D eigenvalue weighted by atomic mass is 32.2. The number of nitrogens with zero attached hydrogens (tertiary/aromatic N) is 1. The zero-order valence-corrected chi connectivity index (χ0v) is 13.4. The first-order valence-corrected chi connectivity index (χ1v) is 8.43. The first kappa shape index (κ1) is 16.6. The molecule has 2 heterocycles. The van der Waals surface area contributed by atoms with Crippen molar-refractivity contribution in [3.63, 3.8) is 0 Å². The van der Waals surface area contributed by atoms with Crippen LogP contribution in [0.25, 0.3) is 0 Å². The number of thioether (sulfide) groups is 1. The smallest absolute Gasteiger partial charge is 0.327 e. The lowest BCUT2D eigenvalue weighted by atomic mass is 9.78. The number of hydrogen-bond donors (Lipinski definition) is 2. The van der Waals surface area contributed by atoms with Crippen LogP contribution in [-0.4, -0.2) is 58.8 Å². The number of carbonyl (C=O) groups is 2. The molecule has 2 saturated heterocycles. The predicted octanol–water partition coefficient (Wildman–Crippen LogP) is 0.753. The SMILES string of the molecule is CC(C)C1SCC(C(=O)O)N1C(=O)C1(CN)CCOCC1. The summed E-state index contributed by atoms with van der Waals surface area (Å²) >= 11 is 1.55. The number of carboxylic acids is 1. The Bertz CT molecular complexity index is 410. The number of carbonyl (C=O) groups excluding carboxylic acids is 1. The van der Waals surface area contributed by atoms with Gasteiger partial charge in [0.05, 0.1) is 10.8 Å². The molecule has 3 N–H and O–H groups in total. The molecule has 0 aliphatic carbocycles. The molecule has 0 aromatic carbocycles. The zero-order chi connectivity index (χ0) is 15.6. The van der Waals surface area contributed by atoms with Gasteiger partial charge in [-0.2, -0.15) is 0 Å². The van der Waals surface area contributed by atoms with Gasteiger partial charge in [-0.15, -0.1) is 11.8 Å². The number of ether oxygens (including phenoxy) is 1. The maximum absolute atomic E-state index is 13.1. The van der Waals surface area contributed by atoms with E-state index in [1.165, 1.54) is 0 Å². The Hall–Kier alpha value is -0.790. The van der Waals surface area contributed by atoms with E-state index >= 15 is 0 Å². The van der Waals surface area contributed by atoms with Crippen molar-refractivity contribution in [2.75, 3.05) is 25.5 Å². The maximum atomic E-state index is 13.1. The molecule has 21 heavy (non-hydrogen) atoms. The summed E-state index contributed by atoms with van der Waals surface area (Å²) in [5.74, 6) is -0.387. The summed E-state index contributed by atoms with van der Waals surface area (Å²) < 4.78 is 5.34. The topological polar surface area (TPSA) is 92.9 Å². The van der Waals surface area contributed by atoms with Gasteiger partial charge in [-0.25, -0.2) is 4.79 Å². The average Bonchev–Trinajstić information content (AvgIpc) is 2.92. The van der Waals surface area contributed by atoms with Crippen LogP contribution in [0.4, 0.5) is 0 Å². The van der Waals surface area contributed by atoms with E-state index in [2.05, 4.69) is 0 Å². The number of aliphatic carboxylic acids is 1. The Morgan fingerprint density at radius 1 is 1.43 bits per heavy atom. The third-order valence-electron chi connectivity index (χ3n) is 4.42. The predicted molar refractivity (Wildman–Crippen MR) is 80.9 cm³/mol. The second-order valence-corrected chi connectivity index (χ2v) is 7.28. The highest BCUT2D eigenvalue weighted by Gasteiger charge is 2.50. The molecule has 0 radical (unpaired) electrons. The number of nitrogens with two attached hydrogens (primary N) is 1. The van der Waals surface area contributed by atoms with E-state index in [0.29, 0.717) is 31.8 Å². The van der Waals surface area contributed by atoms with E-state index in [1.807, 2.05) is 13.8 Å². The monoisotopic (exact) mass is 316 g/mol. The van der Waals surface area contributed by atoms with E-state index in [4.69, 9.17) is 10.5 Å². The Balaban J connectivity index is 2.29. The fraction of sp³-hybridized carbons (Fsp3) is 0.857. The molecule has 2 aliphatic heterocycles. The summed E-state index contributed by atoms with van der Waals surface area (Å²) in [6.45, 7) is 5.29. The van der Waals surface area contributed by atoms with E-state index in [1.54, 1.807) is 16.7 Å². The van der Waals surface area contributed by atoms with E-state index in [0.717, 1.165) is 0 Å². The van der Waals surface area contributed by atoms with Crippen LogP contribution < -0.4 is 5.73 Å². The highest BCUT2D eigenvalue weighted by Crippen LogP contribution is 2.40. The first-order chi connectivity index (χ1) is 9.93. The zero-order valence-electron chi connectivity index (χ0n) is 12.6. The van der Waals surface area contributed by atoms with Gasteiger partial charge in [-0.3, -0.25) is 4.79 Å². The quantitative estimate of drug-likeness (QED) is 0.795. The van der Waals surface area contributed by atoms with Gasteiger partial charge in [0, 0.05) is 25.5 Å². The minimum Gasteiger partial charge on any atom is -0.480 e. The molecule has 2 atom stereocenters. The summed E-state index contributed by atoms with van der Waals surface area (Å²) in [5.41, 5.74) is 5.23. The minimum absolute atomic E-state index is 0.0927. The number of amides is 1. The average molecular weight is 316 g/mol. The van der Waals surface area contributed by atoms with Crippen molar-refractivity contribution >= 4 is 23.6 Å². The highest BCUT2D eigenvalue weighted by molar-refractivity contribution is 8.00. The third-order valence-corrected chi connectivity index (χ3v) is 6.04. The fourth-order valence-corrected chi connectivity index (χ4v) is 4.50. The summed E-state index contributed by atoms with van der Waals surface area (Å²) in [6, 6.07) is -0.749. The second-order valence-electron chi connectivity index (χ2n) is 6.13. The maximum Gasteiger partial charge on any atom is 0.327 e. The Morgan fingerprint density at radius 2 is 2.05 bits per heavy atom. The van der Waals surface area contributed by atoms with Crippen molar-refractivity contribution in [1.82, 2.24) is 4.90 Å². The largest absolute Gasteiger partial charge is 0.480 e. The van der Waals surface area contributed by atoms with Crippen LogP contribution >= 0.6 is 11.8 Å². The van der Waals surface area contributed by atoms with Crippen LogP contribution in [0.15, 0.2) is 0 Å². The molecule has 6 nitrogen and oxygen atoms in total. The summed E-state index contributed by atoms with van der Waals surface area (Å²) in [6.07, 6.45) is 1.14. The second kappa shape index (κ2) is 6.54. The summed E-state index contributed by atoms with van der Waals surface area (Å²) in [7, 11) is 0. The van der Waals surface area contributed by atoms with Crippen LogP contribution in [0.5, 0.6) is 0 Å². The van der Waals surface area contributed by atoms with Gasteiger partial charge in [0.1, 0.15) is 6.04 Å². The Morgan fingerprint density at radius 3 is 2.52 bits per heavy atom. The lowest BCUT2D eigenvalue weighted by Crippen LogP contribution is -2.56. The van der Waals surface area contributed by atoms with Crippen LogP contribution in [-0.2, 0) is 14.3 Å². The van der Waals surface area contributed by atoms with Crippen molar-refractivity contribution < 1.29 is 19.4 Å². The van der Waals surface area contributed by atoms with Crippen LogP contribution in [0, 0.1) is 11.3 Å². The number of hydrogen-bond acceptors (Lipinski definition) is 5. The van der Waals surface area contributed by atoms with Crippen molar-refractivity contribution in [3.8, 4) is 0 Å². The molecule has 2 unspecified atom stereocenters. The molecular weight excluding hydrogens is 292 g/mol. The van der Waals surface area contributed by atoms with Crippen LogP contribution in [0.3, 0.4) is 0 Å². The van der Waals surface area contributed by atoms with Gasteiger partial charge in [0.2, 0.25) is 5.91 Å². The van der Waals surface area contributed by atoms with Crippen molar-refractivity contribution in [2.45, 2.75) is 38.1 Å².